The molecule has 2 aromatic rings. The van der Waals surface area contributed by atoms with Crippen LogP contribution in [0.4, 0.5) is 5.69 Å². The fourth-order valence-corrected chi connectivity index (χ4v) is 4.30. The molecule has 2 aliphatic rings. The number of ketones is 1. The fourth-order valence-electron chi connectivity index (χ4n) is 4.30. The molecule has 5 nitrogen and oxygen atoms in total. The van der Waals surface area contributed by atoms with Gasteiger partial charge < -0.3 is 14.4 Å². The van der Waals surface area contributed by atoms with Crippen LogP contribution in [0.2, 0.25) is 0 Å². The molecule has 0 aromatic heterocycles. The van der Waals surface area contributed by atoms with Gasteiger partial charge in [0, 0.05) is 36.4 Å². The third kappa shape index (κ3) is 5.75. The molecule has 0 N–H and O–H groups in total. The van der Waals surface area contributed by atoms with E-state index in [2.05, 4.69) is 34.1 Å². The first kappa shape index (κ1) is 21.6. The summed E-state index contributed by atoms with van der Waals surface area (Å²) < 4.78 is 11.0. The number of methoxy groups -OCH3 is 1. The Kier molecular flexibility index (Phi) is 7.39. The molecule has 2 aliphatic heterocycles. The average Bonchev–Trinajstić information content (AvgIpc) is 2.84. The summed E-state index contributed by atoms with van der Waals surface area (Å²) in [7, 11) is 1.69. The first-order valence-corrected chi connectivity index (χ1v) is 11.3. The number of carbonyl (C=O) groups excluding carboxylic acids is 1. The highest BCUT2D eigenvalue weighted by atomic mass is 16.5. The molecule has 0 radical (unpaired) electrons. The number of piperidine rings is 1. The number of hydrogen-bond donors (Lipinski definition) is 0. The molecular formula is C26H32N2O3. The molecule has 0 saturated carbocycles. The fraction of sp³-hybridized carbons (Fsp3) is 0.423. The van der Waals surface area contributed by atoms with Crippen molar-refractivity contribution in [2.45, 2.75) is 25.8 Å². The van der Waals surface area contributed by atoms with Crippen LogP contribution in [0, 0.1) is 0 Å². The summed E-state index contributed by atoms with van der Waals surface area (Å²) in [4.78, 5) is 17.6. The van der Waals surface area contributed by atoms with Gasteiger partial charge in [0.25, 0.3) is 0 Å². The van der Waals surface area contributed by atoms with Crippen molar-refractivity contribution < 1.29 is 14.3 Å². The van der Waals surface area contributed by atoms with Gasteiger partial charge in [-0.05, 0) is 67.9 Å². The summed E-state index contributed by atoms with van der Waals surface area (Å²) in [6, 6.07) is 14.1. The second-order valence-corrected chi connectivity index (χ2v) is 8.25. The Labute approximate surface area is 185 Å². The van der Waals surface area contributed by atoms with Crippen molar-refractivity contribution in [3.8, 4) is 5.75 Å². The van der Waals surface area contributed by atoms with E-state index in [0.717, 1.165) is 62.8 Å². The average molecular weight is 421 g/mol. The number of likely N-dealkylation sites (tertiary alicyclic amines) is 1. The lowest BCUT2D eigenvalue weighted by Gasteiger charge is -2.28. The number of ether oxygens (including phenoxy) is 2. The van der Waals surface area contributed by atoms with Crippen LogP contribution in [-0.4, -0.2) is 57.2 Å². The van der Waals surface area contributed by atoms with Gasteiger partial charge in [0.1, 0.15) is 5.75 Å². The lowest BCUT2D eigenvalue weighted by atomic mass is 10.0. The normalized spacial score (nSPS) is 17.8. The minimum absolute atomic E-state index is 0.0137. The molecule has 0 atom stereocenters. The predicted molar refractivity (Wildman–Crippen MR) is 125 cm³/mol. The quantitative estimate of drug-likeness (QED) is 0.490. The molecule has 0 unspecified atom stereocenters. The van der Waals surface area contributed by atoms with E-state index in [1.807, 2.05) is 24.3 Å². The van der Waals surface area contributed by atoms with Gasteiger partial charge >= 0.3 is 0 Å². The van der Waals surface area contributed by atoms with E-state index in [-0.39, 0.29) is 5.78 Å². The van der Waals surface area contributed by atoms with E-state index >= 15 is 0 Å². The van der Waals surface area contributed by atoms with Crippen LogP contribution in [0.25, 0.3) is 6.08 Å². The van der Waals surface area contributed by atoms with Crippen molar-refractivity contribution >= 4 is 17.5 Å². The highest BCUT2D eigenvalue weighted by Crippen LogP contribution is 2.24. The van der Waals surface area contributed by atoms with Crippen molar-refractivity contribution in [3.63, 3.8) is 0 Å². The first-order chi connectivity index (χ1) is 15.2. The van der Waals surface area contributed by atoms with E-state index in [9.17, 15) is 4.79 Å². The van der Waals surface area contributed by atoms with Gasteiger partial charge in [-0.3, -0.25) is 9.69 Å². The first-order valence-electron chi connectivity index (χ1n) is 11.3. The summed E-state index contributed by atoms with van der Waals surface area (Å²) in [6.07, 6.45) is 7.35. The van der Waals surface area contributed by atoms with Crippen LogP contribution < -0.4 is 9.64 Å². The van der Waals surface area contributed by atoms with Gasteiger partial charge in [-0.15, -0.1) is 0 Å². The zero-order valence-electron chi connectivity index (χ0n) is 18.4. The minimum Gasteiger partial charge on any atom is -0.496 e. The number of hydrogen-bond acceptors (Lipinski definition) is 5. The largest absolute Gasteiger partial charge is 0.496 e. The topological polar surface area (TPSA) is 42.0 Å². The predicted octanol–water partition coefficient (Wildman–Crippen LogP) is 4.41. The highest BCUT2D eigenvalue weighted by molar-refractivity contribution is 6.07. The molecule has 2 fully saturated rings. The van der Waals surface area contributed by atoms with Crippen LogP contribution in [0.3, 0.4) is 0 Å². The monoisotopic (exact) mass is 420 g/mol. The van der Waals surface area contributed by atoms with Crippen LogP contribution >= 0.6 is 0 Å². The highest BCUT2D eigenvalue weighted by Gasteiger charge is 2.15. The summed E-state index contributed by atoms with van der Waals surface area (Å²) >= 11 is 0. The molecule has 2 aromatic carbocycles. The standard InChI is InChI=1S/C26H32N2O3/c1-30-26-12-8-22(19-23(26)20-27-13-3-2-4-14-27)25(29)11-7-21-5-9-24(10-6-21)28-15-17-31-18-16-28/h5-12,19H,2-4,13-18,20H2,1H3/b11-7+. The van der Waals surface area contributed by atoms with Crippen LogP contribution in [0.5, 0.6) is 5.75 Å². The maximum atomic E-state index is 12.8. The van der Waals surface area contributed by atoms with Crippen molar-refractivity contribution in [1.82, 2.24) is 4.90 Å². The Morgan fingerprint density at radius 1 is 1.00 bits per heavy atom. The third-order valence-corrected chi connectivity index (χ3v) is 6.10. The molecule has 164 valence electrons. The Bertz CT molecular complexity index is 895. The molecule has 0 spiro atoms. The van der Waals surface area contributed by atoms with Gasteiger partial charge in [-0.2, -0.15) is 0 Å². The van der Waals surface area contributed by atoms with Gasteiger partial charge in [0.05, 0.1) is 20.3 Å². The SMILES string of the molecule is COc1ccc(C(=O)/C=C/c2ccc(N3CCOCC3)cc2)cc1CN1CCCCC1. The van der Waals surface area contributed by atoms with Gasteiger partial charge in [-0.1, -0.05) is 24.6 Å². The van der Waals surface area contributed by atoms with E-state index < -0.39 is 0 Å². The molecule has 2 saturated heterocycles. The minimum atomic E-state index is 0.0137. The van der Waals surface area contributed by atoms with E-state index in [1.165, 1.54) is 24.9 Å². The molecule has 2 heterocycles. The number of morpholine rings is 1. The Hall–Kier alpha value is -2.63. The maximum absolute atomic E-state index is 12.8. The van der Waals surface area contributed by atoms with Crippen molar-refractivity contribution in [1.29, 1.82) is 0 Å². The maximum Gasteiger partial charge on any atom is 0.185 e. The second kappa shape index (κ2) is 10.6. The number of rotatable bonds is 7. The summed E-state index contributed by atoms with van der Waals surface area (Å²) in [5.41, 5.74) is 4.00. The zero-order valence-corrected chi connectivity index (χ0v) is 18.4. The Balaban J connectivity index is 1.42. The zero-order chi connectivity index (χ0) is 21.5. The summed E-state index contributed by atoms with van der Waals surface area (Å²) in [5, 5.41) is 0. The number of carbonyl (C=O) groups is 1. The lowest BCUT2D eigenvalue weighted by Crippen LogP contribution is -2.36. The Morgan fingerprint density at radius 2 is 1.74 bits per heavy atom. The van der Waals surface area contributed by atoms with Crippen LogP contribution in [0.15, 0.2) is 48.5 Å². The van der Waals surface area contributed by atoms with Gasteiger partial charge in [-0.25, -0.2) is 0 Å². The van der Waals surface area contributed by atoms with Crippen molar-refractivity contribution in [2.24, 2.45) is 0 Å². The molecule has 0 amide bonds. The van der Waals surface area contributed by atoms with Crippen molar-refractivity contribution in [3.05, 3.63) is 65.2 Å². The molecule has 5 heteroatoms. The number of nitrogens with zero attached hydrogens (tertiary/aromatic N) is 2. The van der Waals surface area contributed by atoms with Crippen LogP contribution in [0.1, 0.15) is 40.7 Å². The van der Waals surface area contributed by atoms with E-state index in [1.54, 1.807) is 13.2 Å². The Morgan fingerprint density at radius 3 is 2.45 bits per heavy atom. The van der Waals surface area contributed by atoms with Crippen LogP contribution in [-0.2, 0) is 11.3 Å². The third-order valence-electron chi connectivity index (χ3n) is 6.10. The molecule has 4 rings (SSSR count). The van der Waals surface area contributed by atoms with E-state index in [0.29, 0.717) is 5.56 Å². The summed E-state index contributed by atoms with van der Waals surface area (Å²) in [6.45, 7) is 6.45. The molecular weight excluding hydrogens is 388 g/mol. The second-order valence-electron chi connectivity index (χ2n) is 8.25. The van der Waals surface area contributed by atoms with Gasteiger partial charge in [0.2, 0.25) is 0 Å². The summed E-state index contributed by atoms with van der Waals surface area (Å²) in [5.74, 6) is 0.865. The molecule has 31 heavy (non-hydrogen) atoms. The molecule has 0 bridgehead atoms. The lowest BCUT2D eigenvalue weighted by molar-refractivity contribution is 0.104. The number of allylic oxidation sites excluding steroid dienone is 1. The van der Waals surface area contributed by atoms with Crippen molar-refractivity contribution in [2.75, 3.05) is 51.4 Å². The van der Waals surface area contributed by atoms with E-state index in [4.69, 9.17) is 9.47 Å². The van der Waals surface area contributed by atoms with Gasteiger partial charge in [0.15, 0.2) is 5.78 Å². The smallest absolute Gasteiger partial charge is 0.185 e. The number of benzene rings is 2. The molecule has 0 aliphatic carbocycles. The number of anilines is 1.